The molecule has 3 rings (SSSR count). The van der Waals surface area contributed by atoms with Gasteiger partial charge in [-0.2, -0.15) is 0 Å². The lowest BCUT2D eigenvalue weighted by atomic mass is 10.1. The number of hydrogen-bond acceptors (Lipinski definition) is 3. The molecular weight excluding hydrogens is 336 g/mol. The molecule has 6 heteroatoms. The van der Waals surface area contributed by atoms with Gasteiger partial charge in [0.05, 0.1) is 4.90 Å². The molecule has 0 aliphatic heterocycles. The molecule has 0 atom stereocenters. The highest BCUT2D eigenvalue weighted by molar-refractivity contribution is 7.89. The maximum Gasteiger partial charge on any atom is 0.254 e. The lowest BCUT2D eigenvalue weighted by molar-refractivity contribution is 0.0752. The number of carbonyl (C=O) groups excluding carboxylic acids is 1. The molecule has 132 valence electrons. The molecule has 25 heavy (non-hydrogen) atoms. The van der Waals surface area contributed by atoms with Crippen LogP contribution in [0, 0.1) is 0 Å². The summed E-state index contributed by atoms with van der Waals surface area (Å²) in [4.78, 5) is 14.6. The molecule has 2 aromatic carbocycles. The van der Waals surface area contributed by atoms with Crippen molar-refractivity contribution in [2.75, 3.05) is 6.54 Å². The average Bonchev–Trinajstić information content (AvgIpc) is 3.43. The molecule has 0 saturated heterocycles. The number of nitrogens with zero attached hydrogens (tertiary/aromatic N) is 1. The average molecular weight is 358 g/mol. The van der Waals surface area contributed by atoms with Crippen LogP contribution < -0.4 is 4.72 Å². The zero-order valence-corrected chi connectivity index (χ0v) is 15.0. The Hall–Kier alpha value is -2.18. The Kier molecular flexibility index (Phi) is 5.20. The van der Waals surface area contributed by atoms with E-state index in [2.05, 4.69) is 4.72 Å². The SMILES string of the molecule is CCN(Cc1ccccc1)C(=O)c1cccc(S(=O)(=O)NC2CC2)c1. The Bertz CT molecular complexity index is 846. The standard InChI is InChI=1S/C19H22N2O3S/c1-2-21(14-15-7-4-3-5-8-15)19(22)16-9-6-10-18(13-16)25(23,24)20-17-11-12-17/h3-10,13,17,20H,2,11-12,14H2,1H3. The molecule has 1 N–H and O–H groups in total. The van der Waals surface area contributed by atoms with E-state index < -0.39 is 10.0 Å². The molecule has 1 amide bonds. The van der Waals surface area contributed by atoms with Gasteiger partial charge < -0.3 is 4.90 Å². The molecule has 1 aliphatic carbocycles. The number of sulfonamides is 1. The van der Waals surface area contributed by atoms with Gasteiger partial charge in [0, 0.05) is 24.7 Å². The van der Waals surface area contributed by atoms with Gasteiger partial charge in [0.15, 0.2) is 0 Å². The number of benzene rings is 2. The fraction of sp³-hybridized carbons (Fsp3) is 0.316. The summed E-state index contributed by atoms with van der Waals surface area (Å²) in [7, 11) is -3.57. The third-order valence-electron chi connectivity index (χ3n) is 4.18. The largest absolute Gasteiger partial charge is 0.335 e. The quantitative estimate of drug-likeness (QED) is 0.828. The van der Waals surface area contributed by atoms with Gasteiger partial charge in [-0.25, -0.2) is 13.1 Å². The van der Waals surface area contributed by atoms with Crippen molar-refractivity contribution in [1.82, 2.24) is 9.62 Å². The third kappa shape index (κ3) is 4.46. The molecule has 0 spiro atoms. The number of carbonyl (C=O) groups is 1. The second-order valence-corrected chi connectivity index (χ2v) is 7.94. The van der Waals surface area contributed by atoms with Gasteiger partial charge in [-0.1, -0.05) is 36.4 Å². The van der Waals surface area contributed by atoms with Crippen molar-refractivity contribution in [3.05, 3.63) is 65.7 Å². The summed E-state index contributed by atoms with van der Waals surface area (Å²) < 4.78 is 27.3. The topological polar surface area (TPSA) is 66.5 Å². The number of hydrogen-bond donors (Lipinski definition) is 1. The first-order chi connectivity index (χ1) is 12.0. The molecule has 0 bridgehead atoms. The summed E-state index contributed by atoms with van der Waals surface area (Å²) in [5.74, 6) is -0.171. The first-order valence-corrected chi connectivity index (χ1v) is 9.93. The van der Waals surface area contributed by atoms with Crippen LogP contribution in [0.25, 0.3) is 0 Å². The predicted molar refractivity (Wildman–Crippen MR) is 96.6 cm³/mol. The molecule has 5 nitrogen and oxygen atoms in total. The summed E-state index contributed by atoms with van der Waals surface area (Å²) in [5.41, 5.74) is 1.42. The monoisotopic (exact) mass is 358 g/mol. The maximum atomic E-state index is 12.8. The first-order valence-electron chi connectivity index (χ1n) is 8.45. The van der Waals surface area contributed by atoms with Crippen LogP contribution >= 0.6 is 0 Å². The van der Waals surface area contributed by atoms with Crippen molar-refractivity contribution in [2.45, 2.75) is 37.2 Å². The van der Waals surface area contributed by atoms with E-state index in [0.29, 0.717) is 18.7 Å². The maximum absolute atomic E-state index is 12.8. The lowest BCUT2D eigenvalue weighted by Crippen LogP contribution is -2.31. The molecule has 0 unspecified atom stereocenters. The Morgan fingerprint density at radius 1 is 1.12 bits per heavy atom. The van der Waals surface area contributed by atoms with Crippen LogP contribution in [0.2, 0.25) is 0 Å². The van der Waals surface area contributed by atoms with E-state index in [4.69, 9.17) is 0 Å². The van der Waals surface area contributed by atoms with Crippen molar-refractivity contribution < 1.29 is 13.2 Å². The minimum atomic E-state index is -3.57. The fourth-order valence-electron chi connectivity index (χ4n) is 2.60. The minimum absolute atomic E-state index is 0.0366. The second kappa shape index (κ2) is 7.37. The highest BCUT2D eigenvalue weighted by atomic mass is 32.2. The second-order valence-electron chi connectivity index (χ2n) is 6.23. The van der Waals surface area contributed by atoms with Crippen molar-refractivity contribution in [3.63, 3.8) is 0 Å². The Balaban J connectivity index is 1.80. The van der Waals surface area contributed by atoms with Crippen LogP contribution in [0.3, 0.4) is 0 Å². The predicted octanol–water partition coefficient (Wildman–Crippen LogP) is 2.79. The summed E-state index contributed by atoms with van der Waals surface area (Å²) in [6.07, 6.45) is 1.75. The fourth-order valence-corrected chi connectivity index (χ4v) is 3.95. The van der Waals surface area contributed by atoms with E-state index in [0.717, 1.165) is 18.4 Å². The third-order valence-corrected chi connectivity index (χ3v) is 5.69. The van der Waals surface area contributed by atoms with Crippen LogP contribution in [0.4, 0.5) is 0 Å². The van der Waals surface area contributed by atoms with Gasteiger partial charge in [-0.3, -0.25) is 4.79 Å². The summed E-state index contributed by atoms with van der Waals surface area (Å²) in [5, 5.41) is 0. The van der Waals surface area contributed by atoms with Crippen molar-refractivity contribution in [3.8, 4) is 0 Å². The van der Waals surface area contributed by atoms with E-state index in [1.807, 2.05) is 37.3 Å². The van der Waals surface area contributed by atoms with Gasteiger partial charge in [-0.05, 0) is 43.5 Å². The van der Waals surface area contributed by atoms with Crippen LogP contribution in [0.5, 0.6) is 0 Å². The van der Waals surface area contributed by atoms with Crippen molar-refractivity contribution in [2.24, 2.45) is 0 Å². The summed E-state index contributed by atoms with van der Waals surface area (Å²) >= 11 is 0. The van der Waals surface area contributed by atoms with Crippen LogP contribution in [-0.4, -0.2) is 31.8 Å². The van der Waals surface area contributed by atoms with Crippen molar-refractivity contribution >= 4 is 15.9 Å². The van der Waals surface area contributed by atoms with E-state index in [1.54, 1.807) is 17.0 Å². The molecule has 1 saturated carbocycles. The van der Waals surface area contributed by atoms with Gasteiger partial charge in [-0.15, -0.1) is 0 Å². The zero-order valence-electron chi connectivity index (χ0n) is 14.2. The molecular formula is C19H22N2O3S. The zero-order chi connectivity index (χ0) is 17.9. The van der Waals surface area contributed by atoms with Gasteiger partial charge >= 0.3 is 0 Å². The molecule has 0 radical (unpaired) electrons. The lowest BCUT2D eigenvalue weighted by Gasteiger charge is -2.21. The highest BCUT2D eigenvalue weighted by Crippen LogP contribution is 2.23. The molecule has 0 heterocycles. The summed E-state index contributed by atoms with van der Waals surface area (Å²) in [6.45, 7) is 2.95. The van der Waals surface area contributed by atoms with E-state index in [1.165, 1.54) is 12.1 Å². The number of nitrogens with one attached hydrogen (secondary N) is 1. The molecule has 0 aromatic heterocycles. The number of rotatable bonds is 7. The molecule has 1 aliphatic rings. The van der Waals surface area contributed by atoms with Crippen LogP contribution in [0.15, 0.2) is 59.5 Å². The first kappa shape index (κ1) is 17.6. The summed E-state index contributed by atoms with van der Waals surface area (Å²) in [6, 6.07) is 16.0. The van der Waals surface area contributed by atoms with Crippen LogP contribution in [-0.2, 0) is 16.6 Å². The Labute approximate surface area is 148 Å². The van der Waals surface area contributed by atoms with Crippen molar-refractivity contribution in [1.29, 1.82) is 0 Å². The normalized spacial score (nSPS) is 14.3. The van der Waals surface area contributed by atoms with Gasteiger partial charge in [0.1, 0.15) is 0 Å². The van der Waals surface area contributed by atoms with E-state index in [9.17, 15) is 13.2 Å². The number of amides is 1. The Morgan fingerprint density at radius 3 is 2.48 bits per heavy atom. The van der Waals surface area contributed by atoms with E-state index >= 15 is 0 Å². The van der Waals surface area contributed by atoms with Gasteiger partial charge in [0.2, 0.25) is 10.0 Å². The molecule has 1 fully saturated rings. The Morgan fingerprint density at radius 2 is 1.84 bits per heavy atom. The minimum Gasteiger partial charge on any atom is -0.335 e. The highest BCUT2D eigenvalue weighted by Gasteiger charge is 2.28. The van der Waals surface area contributed by atoms with E-state index in [-0.39, 0.29) is 16.8 Å². The van der Waals surface area contributed by atoms with Crippen LogP contribution in [0.1, 0.15) is 35.7 Å². The van der Waals surface area contributed by atoms with Gasteiger partial charge in [0.25, 0.3) is 5.91 Å². The smallest absolute Gasteiger partial charge is 0.254 e. The molecule has 2 aromatic rings.